The van der Waals surface area contributed by atoms with E-state index in [4.69, 9.17) is 16.0 Å². The van der Waals surface area contributed by atoms with Crippen LogP contribution in [0, 0.1) is 0 Å². The van der Waals surface area contributed by atoms with Gasteiger partial charge in [0.15, 0.2) is 5.76 Å². The number of benzene rings is 2. The zero-order chi connectivity index (χ0) is 21.0. The Morgan fingerprint density at radius 3 is 2.00 bits per heavy atom. The summed E-state index contributed by atoms with van der Waals surface area (Å²) in [5.41, 5.74) is 1.15. The molecule has 8 heteroatoms. The normalized spacial score (nSPS) is 10.3. The summed E-state index contributed by atoms with van der Waals surface area (Å²) in [6.45, 7) is 0. The highest BCUT2D eigenvalue weighted by atomic mass is 35.5. The maximum absolute atomic E-state index is 12.6. The van der Waals surface area contributed by atoms with Crippen molar-refractivity contribution in [3.63, 3.8) is 0 Å². The summed E-state index contributed by atoms with van der Waals surface area (Å²) in [7, 11) is 2.43. The van der Waals surface area contributed by atoms with Crippen molar-refractivity contribution in [1.29, 1.82) is 0 Å². The fourth-order valence-electron chi connectivity index (χ4n) is 2.59. The summed E-state index contributed by atoms with van der Waals surface area (Å²) in [6, 6.07) is 14.2. The van der Waals surface area contributed by atoms with E-state index in [2.05, 4.69) is 14.8 Å². The Balaban J connectivity index is 1.85. The molecule has 148 valence electrons. The van der Waals surface area contributed by atoms with Gasteiger partial charge in [0.2, 0.25) is 0 Å². The lowest BCUT2D eigenvalue weighted by atomic mass is 10.1. The van der Waals surface area contributed by atoms with Crippen molar-refractivity contribution in [3.05, 3.63) is 76.5 Å². The van der Waals surface area contributed by atoms with Crippen molar-refractivity contribution in [1.82, 2.24) is 0 Å². The lowest BCUT2D eigenvalue weighted by molar-refractivity contribution is 0.0599. The number of methoxy groups -OCH3 is 2. The van der Waals surface area contributed by atoms with E-state index in [-0.39, 0.29) is 22.6 Å². The first-order chi connectivity index (χ1) is 13.9. The van der Waals surface area contributed by atoms with E-state index in [1.807, 2.05) is 0 Å². The highest BCUT2D eigenvalue weighted by molar-refractivity contribution is 6.30. The second-order valence-electron chi connectivity index (χ2n) is 5.91. The molecule has 0 bridgehead atoms. The minimum Gasteiger partial charge on any atom is -0.465 e. The zero-order valence-corrected chi connectivity index (χ0v) is 16.3. The molecular weight excluding hydrogens is 398 g/mol. The molecule has 1 amide bonds. The molecule has 0 aliphatic carbocycles. The molecule has 0 unspecified atom stereocenters. The van der Waals surface area contributed by atoms with Crippen LogP contribution < -0.4 is 5.32 Å². The number of esters is 2. The minimum absolute atomic E-state index is 0.0537. The van der Waals surface area contributed by atoms with E-state index in [0.717, 1.165) is 5.56 Å². The third-order valence-electron chi connectivity index (χ3n) is 3.99. The number of rotatable bonds is 5. The highest BCUT2D eigenvalue weighted by Crippen LogP contribution is 2.25. The number of halogens is 1. The number of amides is 1. The van der Waals surface area contributed by atoms with Gasteiger partial charge in [-0.2, -0.15) is 0 Å². The molecule has 3 rings (SSSR count). The number of ether oxygens (including phenoxy) is 2. The van der Waals surface area contributed by atoms with Gasteiger partial charge in [0.25, 0.3) is 5.91 Å². The number of furan rings is 1. The van der Waals surface area contributed by atoms with Crippen molar-refractivity contribution in [2.24, 2.45) is 0 Å². The van der Waals surface area contributed by atoms with Gasteiger partial charge in [-0.1, -0.05) is 11.6 Å². The monoisotopic (exact) mass is 413 g/mol. The van der Waals surface area contributed by atoms with E-state index in [1.54, 1.807) is 30.3 Å². The molecule has 1 N–H and O–H groups in total. The number of anilines is 1. The van der Waals surface area contributed by atoms with Crippen LogP contribution in [0.4, 0.5) is 5.69 Å². The van der Waals surface area contributed by atoms with Gasteiger partial charge >= 0.3 is 11.9 Å². The molecular formula is C21H16ClNO6. The number of hydrogen-bond acceptors (Lipinski definition) is 6. The summed E-state index contributed by atoms with van der Waals surface area (Å²) >= 11 is 5.88. The second kappa shape index (κ2) is 8.62. The predicted octanol–water partition coefficient (Wildman–Crippen LogP) is 4.43. The van der Waals surface area contributed by atoms with Crippen molar-refractivity contribution < 1.29 is 28.3 Å². The number of hydrogen-bond donors (Lipinski definition) is 1. The first kappa shape index (κ1) is 20.2. The van der Waals surface area contributed by atoms with Gasteiger partial charge in [0.05, 0.1) is 25.3 Å². The smallest absolute Gasteiger partial charge is 0.337 e. The van der Waals surface area contributed by atoms with Crippen LogP contribution in [0.5, 0.6) is 0 Å². The van der Waals surface area contributed by atoms with Crippen LogP contribution in [-0.4, -0.2) is 32.1 Å². The molecule has 3 aromatic rings. The molecule has 0 aliphatic heterocycles. The molecule has 0 radical (unpaired) electrons. The van der Waals surface area contributed by atoms with Crippen molar-refractivity contribution in [3.8, 4) is 11.3 Å². The molecule has 2 aromatic carbocycles. The lowest BCUT2D eigenvalue weighted by Crippen LogP contribution is -2.13. The maximum atomic E-state index is 12.6. The van der Waals surface area contributed by atoms with Gasteiger partial charge in [-0.25, -0.2) is 9.59 Å². The Morgan fingerprint density at radius 2 is 1.45 bits per heavy atom. The summed E-state index contributed by atoms with van der Waals surface area (Å²) in [5, 5.41) is 3.19. The number of carbonyl (C=O) groups excluding carboxylic acids is 3. The molecule has 29 heavy (non-hydrogen) atoms. The second-order valence-corrected chi connectivity index (χ2v) is 6.34. The molecule has 1 heterocycles. The van der Waals surface area contributed by atoms with E-state index in [0.29, 0.717) is 10.8 Å². The molecule has 0 saturated heterocycles. The van der Waals surface area contributed by atoms with Gasteiger partial charge in [0.1, 0.15) is 5.76 Å². The van der Waals surface area contributed by atoms with Crippen LogP contribution in [0.25, 0.3) is 11.3 Å². The fraction of sp³-hybridized carbons (Fsp3) is 0.0952. The third kappa shape index (κ3) is 4.64. The first-order valence-corrected chi connectivity index (χ1v) is 8.78. The van der Waals surface area contributed by atoms with Crippen LogP contribution in [0.1, 0.15) is 31.3 Å². The highest BCUT2D eigenvalue weighted by Gasteiger charge is 2.17. The van der Waals surface area contributed by atoms with Crippen molar-refractivity contribution >= 4 is 35.1 Å². The van der Waals surface area contributed by atoms with Crippen molar-refractivity contribution in [2.45, 2.75) is 0 Å². The Kier molecular flexibility index (Phi) is 5.99. The summed E-state index contributed by atoms with van der Waals surface area (Å²) in [5.74, 6) is -1.32. The Morgan fingerprint density at radius 1 is 0.862 bits per heavy atom. The predicted molar refractivity (Wildman–Crippen MR) is 106 cm³/mol. The largest absolute Gasteiger partial charge is 0.465 e. The van der Waals surface area contributed by atoms with Gasteiger partial charge in [-0.15, -0.1) is 0 Å². The average molecular weight is 414 g/mol. The van der Waals surface area contributed by atoms with Crippen LogP contribution in [0.2, 0.25) is 5.02 Å². The van der Waals surface area contributed by atoms with Gasteiger partial charge in [-0.05, 0) is 54.6 Å². The standard InChI is InChI=1S/C21H16ClNO6/c1-27-20(25)13-9-14(21(26)28-2)11-16(10-13)23-19(24)18-8-7-17(29-18)12-3-5-15(22)6-4-12/h3-11H,1-2H3,(H,23,24). The Labute approximate surface area is 171 Å². The molecule has 1 aromatic heterocycles. The average Bonchev–Trinajstić information content (AvgIpc) is 3.23. The maximum Gasteiger partial charge on any atom is 0.337 e. The van der Waals surface area contributed by atoms with Crippen molar-refractivity contribution in [2.75, 3.05) is 19.5 Å². The minimum atomic E-state index is -0.658. The molecule has 0 spiro atoms. The van der Waals surface area contributed by atoms with E-state index < -0.39 is 17.8 Å². The molecule has 0 aliphatic rings. The van der Waals surface area contributed by atoms with E-state index >= 15 is 0 Å². The molecule has 7 nitrogen and oxygen atoms in total. The van der Waals surface area contributed by atoms with Gasteiger partial charge < -0.3 is 19.2 Å². The summed E-state index contributed by atoms with van der Waals surface area (Å²) in [4.78, 5) is 36.3. The number of carbonyl (C=O) groups is 3. The zero-order valence-electron chi connectivity index (χ0n) is 15.5. The topological polar surface area (TPSA) is 94.8 Å². The van der Waals surface area contributed by atoms with Crippen LogP contribution in [-0.2, 0) is 9.47 Å². The summed E-state index contributed by atoms with van der Waals surface area (Å²) < 4.78 is 15.0. The fourth-order valence-corrected chi connectivity index (χ4v) is 2.72. The van der Waals surface area contributed by atoms with Crippen LogP contribution >= 0.6 is 11.6 Å². The lowest BCUT2D eigenvalue weighted by Gasteiger charge is -2.08. The van der Waals surface area contributed by atoms with E-state index in [1.165, 1.54) is 38.5 Å². The van der Waals surface area contributed by atoms with Crippen LogP contribution in [0.3, 0.4) is 0 Å². The Hall–Kier alpha value is -3.58. The number of nitrogens with one attached hydrogen (secondary N) is 1. The Bertz CT molecular complexity index is 1040. The summed E-state index contributed by atoms with van der Waals surface area (Å²) in [6.07, 6.45) is 0. The van der Waals surface area contributed by atoms with Crippen LogP contribution in [0.15, 0.2) is 59.0 Å². The molecule has 0 saturated carbocycles. The van der Waals surface area contributed by atoms with Gasteiger partial charge in [0, 0.05) is 16.3 Å². The molecule has 0 atom stereocenters. The van der Waals surface area contributed by atoms with Gasteiger partial charge in [-0.3, -0.25) is 4.79 Å². The van der Waals surface area contributed by atoms with E-state index in [9.17, 15) is 14.4 Å². The third-order valence-corrected chi connectivity index (χ3v) is 4.24. The SMILES string of the molecule is COC(=O)c1cc(NC(=O)c2ccc(-c3ccc(Cl)cc3)o2)cc(C(=O)OC)c1. The first-order valence-electron chi connectivity index (χ1n) is 8.40. The molecule has 0 fully saturated rings. The quantitative estimate of drug-likeness (QED) is 0.622.